The van der Waals surface area contributed by atoms with Crippen LogP contribution < -0.4 is 5.32 Å². The molecule has 0 bridgehead atoms. The van der Waals surface area contributed by atoms with Crippen molar-refractivity contribution in [2.24, 2.45) is 0 Å². The number of hydrogen-bond donors (Lipinski definition) is 1. The lowest BCUT2D eigenvalue weighted by atomic mass is 9.95. The van der Waals surface area contributed by atoms with Crippen molar-refractivity contribution in [2.75, 3.05) is 5.32 Å². The quantitative estimate of drug-likeness (QED) is 0.822. The van der Waals surface area contributed by atoms with Crippen molar-refractivity contribution in [3.05, 3.63) is 23.7 Å². The molecule has 0 aromatic carbocycles. The highest BCUT2D eigenvalue weighted by molar-refractivity contribution is 7.17. The van der Waals surface area contributed by atoms with E-state index < -0.39 is 0 Å². The number of halogens is 1. The summed E-state index contributed by atoms with van der Waals surface area (Å²) in [6.45, 7) is 0. The molecule has 3 rings (SSSR count). The van der Waals surface area contributed by atoms with E-state index in [9.17, 15) is 0 Å². The molecule has 0 amide bonds. The summed E-state index contributed by atoms with van der Waals surface area (Å²) >= 11 is 8.12. The van der Waals surface area contributed by atoms with Gasteiger partial charge in [0.15, 0.2) is 0 Å². The fraction of sp³-hybridized carbons (Fsp3) is 0.462. The van der Waals surface area contributed by atoms with Gasteiger partial charge in [0.25, 0.3) is 0 Å². The van der Waals surface area contributed by atoms with E-state index in [0.717, 1.165) is 18.7 Å². The monoisotopic (exact) mass is 266 g/mol. The van der Waals surface area contributed by atoms with Crippen molar-refractivity contribution in [3.63, 3.8) is 0 Å². The van der Waals surface area contributed by atoms with E-state index >= 15 is 0 Å². The van der Waals surface area contributed by atoms with Crippen LogP contribution in [0.25, 0.3) is 10.1 Å². The molecule has 1 fully saturated rings. The van der Waals surface area contributed by atoms with Crippen LogP contribution in [0.4, 0.5) is 5.82 Å². The normalized spacial score (nSPS) is 25.0. The van der Waals surface area contributed by atoms with Crippen LogP contribution >= 0.6 is 22.9 Å². The van der Waals surface area contributed by atoms with E-state index in [1.165, 1.54) is 22.9 Å². The fourth-order valence-electron chi connectivity index (χ4n) is 2.43. The minimum absolute atomic E-state index is 0.236. The van der Waals surface area contributed by atoms with E-state index in [4.69, 9.17) is 11.6 Å². The first-order chi connectivity index (χ1) is 8.34. The van der Waals surface area contributed by atoms with Gasteiger partial charge in [-0.1, -0.05) is 12.8 Å². The highest BCUT2D eigenvalue weighted by Gasteiger charge is 2.23. The van der Waals surface area contributed by atoms with Crippen LogP contribution in [0.5, 0.6) is 0 Å². The Labute approximate surface area is 110 Å². The van der Waals surface area contributed by atoms with Gasteiger partial charge >= 0.3 is 0 Å². The number of rotatable bonds is 2. The second-order valence-corrected chi connectivity index (χ2v) is 6.05. The number of nitrogens with one attached hydrogen (secondary N) is 1. The Kier molecular flexibility index (Phi) is 3.21. The van der Waals surface area contributed by atoms with Gasteiger partial charge in [0.1, 0.15) is 5.82 Å². The van der Waals surface area contributed by atoms with Crippen LogP contribution in [0.2, 0.25) is 0 Å². The van der Waals surface area contributed by atoms with Crippen molar-refractivity contribution >= 4 is 38.8 Å². The molecule has 1 aliphatic carbocycles. The van der Waals surface area contributed by atoms with Gasteiger partial charge in [0, 0.05) is 22.3 Å². The Morgan fingerprint density at radius 1 is 1.29 bits per heavy atom. The molecule has 2 heterocycles. The molecular weight excluding hydrogens is 252 g/mol. The molecule has 90 valence electrons. The molecule has 1 aliphatic rings. The molecule has 0 spiro atoms. The third-order valence-electron chi connectivity index (χ3n) is 3.38. The van der Waals surface area contributed by atoms with Crippen LogP contribution in [0.1, 0.15) is 25.7 Å². The summed E-state index contributed by atoms with van der Waals surface area (Å²) in [4.78, 5) is 4.44. The predicted octanol–water partition coefficient (Wildman–Crippen LogP) is 4.26. The number of aromatic nitrogens is 1. The van der Waals surface area contributed by atoms with Gasteiger partial charge in [-0.3, -0.25) is 0 Å². The topological polar surface area (TPSA) is 24.9 Å². The maximum atomic E-state index is 6.37. The number of thiophene rings is 1. The van der Waals surface area contributed by atoms with Crippen LogP contribution in [-0.2, 0) is 0 Å². The molecule has 1 N–H and O–H groups in total. The summed E-state index contributed by atoms with van der Waals surface area (Å²) in [7, 11) is 0. The fourth-order valence-corrected chi connectivity index (χ4v) is 3.56. The van der Waals surface area contributed by atoms with Crippen molar-refractivity contribution in [1.82, 2.24) is 4.98 Å². The van der Waals surface area contributed by atoms with E-state index in [-0.39, 0.29) is 5.38 Å². The largest absolute Gasteiger partial charge is 0.365 e. The summed E-state index contributed by atoms with van der Waals surface area (Å²) in [6, 6.07) is 4.55. The average molecular weight is 267 g/mol. The van der Waals surface area contributed by atoms with Crippen molar-refractivity contribution in [3.8, 4) is 0 Å². The summed E-state index contributed by atoms with van der Waals surface area (Å²) in [6.07, 6.45) is 6.64. The van der Waals surface area contributed by atoms with Gasteiger partial charge in [-0.05, 0) is 30.4 Å². The summed E-state index contributed by atoms with van der Waals surface area (Å²) in [5.41, 5.74) is 0. The number of alkyl halides is 1. The highest BCUT2D eigenvalue weighted by Crippen LogP contribution is 2.30. The van der Waals surface area contributed by atoms with E-state index in [0.29, 0.717) is 6.04 Å². The molecular formula is C13H15ClN2S. The lowest BCUT2D eigenvalue weighted by Gasteiger charge is -2.28. The van der Waals surface area contributed by atoms with Crippen molar-refractivity contribution in [2.45, 2.75) is 37.1 Å². The zero-order valence-corrected chi connectivity index (χ0v) is 11.1. The second kappa shape index (κ2) is 4.83. The van der Waals surface area contributed by atoms with Crippen molar-refractivity contribution in [1.29, 1.82) is 0 Å². The molecule has 2 atom stereocenters. The Balaban J connectivity index is 1.86. The first-order valence-corrected chi connectivity index (χ1v) is 7.39. The number of pyridine rings is 1. The zero-order chi connectivity index (χ0) is 11.7. The SMILES string of the molecule is ClC1CCCCC1Nc1nccc2sccc12. The van der Waals surface area contributed by atoms with Gasteiger partial charge in [-0.25, -0.2) is 4.98 Å². The molecule has 2 unspecified atom stereocenters. The van der Waals surface area contributed by atoms with E-state index in [1.807, 2.05) is 6.20 Å². The minimum atomic E-state index is 0.236. The molecule has 17 heavy (non-hydrogen) atoms. The van der Waals surface area contributed by atoms with Gasteiger partial charge < -0.3 is 5.32 Å². The third-order valence-corrected chi connectivity index (χ3v) is 4.79. The Hall–Kier alpha value is -0.800. The first kappa shape index (κ1) is 11.3. The Morgan fingerprint density at radius 2 is 2.18 bits per heavy atom. The molecule has 0 aliphatic heterocycles. The lowest BCUT2D eigenvalue weighted by molar-refractivity contribution is 0.469. The highest BCUT2D eigenvalue weighted by atomic mass is 35.5. The average Bonchev–Trinajstić information content (AvgIpc) is 2.81. The predicted molar refractivity (Wildman–Crippen MR) is 75.1 cm³/mol. The van der Waals surface area contributed by atoms with Crippen LogP contribution in [0, 0.1) is 0 Å². The molecule has 0 radical (unpaired) electrons. The van der Waals surface area contributed by atoms with Crippen LogP contribution in [0.3, 0.4) is 0 Å². The summed E-state index contributed by atoms with van der Waals surface area (Å²) in [5.74, 6) is 0.987. The maximum Gasteiger partial charge on any atom is 0.134 e. The van der Waals surface area contributed by atoms with Crippen LogP contribution in [-0.4, -0.2) is 16.4 Å². The molecule has 1 saturated carbocycles. The van der Waals surface area contributed by atoms with Gasteiger partial charge in [0.2, 0.25) is 0 Å². The Bertz CT molecular complexity index is 511. The minimum Gasteiger partial charge on any atom is -0.365 e. The molecule has 2 aromatic rings. The smallest absolute Gasteiger partial charge is 0.134 e. The van der Waals surface area contributed by atoms with Crippen molar-refractivity contribution < 1.29 is 0 Å². The third kappa shape index (κ3) is 2.26. The molecule has 4 heteroatoms. The number of hydrogen-bond acceptors (Lipinski definition) is 3. The van der Waals surface area contributed by atoms with Crippen LogP contribution in [0.15, 0.2) is 23.7 Å². The standard InChI is InChI=1S/C13H15ClN2S/c14-10-3-1-2-4-11(10)16-13-9-6-8-17-12(9)5-7-15-13/h5-8,10-11H,1-4H2,(H,15,16). The Morgan fingerprint density at radius 3 is 3.06 bits per heavy atom. The van der Waals surface area contributed by atoms with E-state index in [2.05, 4.69) is 27.8 Å². The summed E-state index contributed by atoms with van der Waals surface area (Å²) < 4.78 is 1.28. The van der Waals surface area contributed by atoms with Gasteiger partial charge in [0.05, 0.1) is 5.38 Å². The second-order valence-electron chi connectivity index (χ2n) is 4.54. The maximum absolute atomic E-state index is 6.37. The van der Waals surface area contributed by atoms with Gasteiger partial charge in [-0.15, -0.1) is 22.9 Å². The lowest BCUT2D eigenvalue weighted by Crippen LogP contribution is -2.33. The number of anilines is 1. The first-order valence-electron chi connectivity index (χ1n) is 6.07. The molecule has 2 aromatic heterocycles. The zero-order valence-electron chi connectivity index (χ0n) is 9.53. The number of fused-ring (bicyclic) bond motifs is 1. The summed E-state index contributed by atoms with van der Waals surface area (Å²) in [5, 5.41) is 7.08. The van der Waals surface area contributed by atoms with Gasteiger partial charge in [-0.2, -0.15) is 0 Å². The number of nitrogens with zero attached hydrogens (tertiary/aromatic N) is 1. The molecule has 2 nitrogen and oxygen atoms in total. The van der Waals surface area contributed by atoms with E-state index in [1.54, 1.807) is 11.3 Å². The molecule has 0 saturated heterocycles.